The fraction of sp³-hybridized carbons (Fsp3) is 0.462. The highest BCUT2D eigenvalue weighted by Gasteiger charge is 2.17. The van der Waals surface area contributed by atoms with Crippen molar-refractivity contribution in [1.29, 1.82) is 0 Å². The van der Waals surface area contributed by atoms with Gasteiger partial charge >= 0.3 is 0 Å². The van der Waals surface area contributed by atoms with Crippen LogP contribution in [0.15, 0.2) is 23.1 Å². The molecule has 3 N–H and O–H groups in total. The van der Waals surface area contributed by atoms with Gasteiger partial charge in [-0.05, 0) is 31.5 Å². The van der Waals surface area contributed by atoms with E-state index in [4.69, 9.17) is 21.5 Å². The molecule has 1 rings (SSSR count). The average Bonchev–Trinajstić information content (AvgIpc) is 2.36. The van der Waals surface area contributed by atoms with Crippen LogP contribution in [0.1, 0.15) is 26.7 Å². The van der Waals surface area contributed by atoms with Gasteiger partial charge in [0.1, 0.15) is 10.6 Å². The average molecular weight is 335 g/mol. The zero-order chi connectivity index (χ0) is 16.0. The van der Waals surface area contributed by atoms with Crippen molar-refractivity contribution in [2.24, 2.45) is 5.14 Å². The first-order chi connectivity index (χ1) is 9.74. The van der Waals surface area contributed by atoms with Gasteiger partial charge < -0.3 is 10.1 Å². The number of carbonyl (C=O) groups is 1. The molecule has 0 aliphatic heterocycles. The van der Waals surface area contributed by atoms with E-state index in [2.05, 4.69) is 5.32 Å². The zero-order valence-electron chi connectivity index (χ0n) is 11.9. The molecule has 6 nitrogen and oxygen atoms in total. The second-order valence-corrected chi connectivity index (χ2v) is 6.65. The summed E-state index contributed by atoms with van der Waals surface area (Å²) in [4.78, 5) is 11.4. The Hall–Kier alpha value is -1.31. The summed E-state index contributed by atoms with van der Waals surface area (Å²) >= 11 is 5.73. The van der Waals surface area contributed by atoms with Gasteiger partial charge in [0.15, 0.2) is 6.61 Å². The predicted octanol–water partition coefficient (Wildman–Crippen LogP) is 1.67. The summed E-state index contributed by atoms with van der Waals surface area (Å²) in [6.07, 6.45) is 1.81. The van der Waals surface area contributed by atoms with Crippen LogP contribution in [-0.4, -0.2) is 27.0 Å². The van der Waals surface area contributed by atoms with Crippen molar-refractivity contribution in [1.82, 2.24) is 5.32 Å². The summed E-state index contributed by atoms with van der Waals surface area (Å²) in [6.45, 7) is 3.61. The number of sulfonamides is 1. The molecule has 0 bridgehead atoms. The topological polar surface area (TPSA) is 98.5 Å². The van der Waals surface area contributed by atoms with Crippen molar-refractivity contribution < 1.29 is 17.9 Å². The Morgan fingerprint density at radius 3 is 2.71 bits per heavy atom. The van der Waals surface area contributed by atoms with Crippen LogP contribution in [0.3, 0.4) is 0 Å². The lowest BCUT2D eigenvalue weighted by atomic mass is 10.2. The van der Waals surface area contributed by atoms with E-state index in [0.29, 0.717) is 0 Å². The van der Waals surface area contributed by atoms with Gasteiger partial charge in [-0.15, -0.1) is 0 Å². The van der Waals surface area contributed by atoms with E-state index in [0.717, 1.165) is 12.8 Å². The van der Waals surface area contributed by atoms with Crippen LogP contribution in [0.5, 0.6) is 5.75 Å². The third kappa shape index (κ3) is 5.91. The molecule has 0 radical (unpaired) electrons. The van der Waals surface area contributed by atoms with Gasteiger partial charge in [-0.2, -0.15) is 0 Å². The molecule has 1 amide bonds. The monoisotopic (exact) mass is 334 g/mol. The Kier molecular flexibility index (Phi) is 6.44. The maximum absolute atomic E-state index is 11.7. The molecular formula is C13H19ClN2O4S. The molecule has 0 fully saturated rings. The molecule has 0 aliphatic carbocycles. The summed E-state index contributed by atoms with van der Waals surface area (Å²) in [7, 11) is -3.98. The molecule has 0 saturated carbocycles. The summed E-state index contributed by atoms with van der Waals surface area (Å²) in [5.74, 6) is -0.327. The van der Waals surface area contributed by atoms with Crippen LogP contribution in [0, 0.1) is 0 Å². The highest BCUT2D eigenvalue weighted by Crippen LogP contribution is 2.26. The van der Waals surface area contributed by atoms with Gasteiger partial charge in [-0.1, -0.05) is 24.9 Å². The molecule has 1 unspecified atom stereocenters. The highest BCUT2D eigenvalue weighted by atomic mass is 35.5. The Morgan fingerprint density at radius 2 is 2.14 bits per heavy atom. The van der Waals surface area contributed by atoms with Crippen molar-refractivity contribution in [3.63, 3.8) is 0 Å². The fourth-order valence-electron chi connectivity index (χ4n) is 1.79. The van der Waals surface area contributed by atoms with Gasteiger partial charge in [0, 0.05) is 11.1 Å². The van der Waals surface area contributed by atoms with Crippen LogP contribution in [-0.2, 0) is 14.8 Å². The lowest BCUT2D eigenvalue weighted by molar-refractivity contribution is -0.123. The Bertz CT molecular complexity index is 604. The van der Waals surface area contributed by atoms with Crippen molar-refractivity contribution in [2.75, 3.05) is 6.61 Å². The summed E-state index contributed by atoms with van der Waals surface area (Å²) in [5, 5.41) is 8.05. The number of nitrogens with one attached hydrogen (secondary N) is 1. The predicted molar refractivity (Wildman–Crippen MR) is 80.8 cm³/mol. The zero-order valence-corrected chi connectivity index (χ0v) is 13.5. The molecule has 8 heteroatoms. The van der Waals surface area contributed by atoms with Crippen LogP contribution >= 0.6 is 11.6 Å². The fourth-order valence-corrected chi connectivity index (χ4v) is 2.72. The first-order valence-corrected chi connectivity index (χ1v) is 8.41. The highest BCUT2D eigenvalue weighted by molar-refractivity contribution is 7.89. The van der Waals surface area contributed by atoms with Gasteiger partial charge in [0.25, 0.3) is 5.91 Å². The number of ether oxygens (including phenoxy) is 1. The molecule has 118 valence electrons. The number of rotatable bonds is 7. The molecule has 1 atom stereocenters. The SMILES string of the molecule is CCCC(C)NC(=O)COc1ccc(Cl)cc1S(N)(=O)=O. The number of carbonyl (C=O) groups excluding carboxylic acids is 1. The Balaban J connectivity index is 2.74. The second kappa shape index (κ2) is 7.63. The number of primary sulfonamides is 1. The van der Waals surface area contributed by atoms with Crippen LogP contribution in [0.4, 0.5) is 0 Å². The van der Waals surface area contributed by atoms with Crippen molar-refractivity contribution in [3.05, 3.63) is 23.2 Å². The maximum atomic E-state index is 11.7. The van der Waals surface area contributed by atoms with E-state index in [1.54, 1.807) is 0 Å². The largest absolute Gasteiger partial charge is 0.482 e. The van der Waals surface area contributed by atoms with Crippen LogP contribution in [0.2, 0.25) is 5.02 Å². The number of nitrogens with two attached hydrogens (primary N) is 1. The van der Waals surface area contributed by atoms with Gasteiger partial charge in [0.2, 0.25) is 10.0 Å². The van der Waals surface area contributed by atoms with Crippen molar-refractivity contribution >= 4 is 27.5 Å². The van der Waals surface area contributed by atoms with E-state index in [-0.39, 0.29) is 34.2 Å². The lowest BCUT2D eigenvalue weighted by Crippen LogP contribution is -2.36. The third-order valence-corrected chi connectivity index (χ3v) is 3.87. The molecule has 0 saturated heterocycles. The summed E-state index contributed by atoms with van der Waals surface area (Å²) < 4.78 is 28.1. The molecule has 0 aromatic heterocycles. The molecule has 0 heterocycles. The first-order valence-electron chi connectivity index (χ1n) is 6.48. The molecule has 21 heavy (non-hydrogen) atoms. The molecular weight excluding hydrogens is 316 g/mol. The third-order valence-electron chi connectivity index (χ3n) is 2.70. The number of amides is 1. The van der Waals surface area contributed by atoms with Gasteiger partial charge in [-0.3, -0.25) is 4.79 Å². The van der Waals surface area contributed by atoms with E-state index < -0.39 is 10.0 Å². The summed E-state index contributed by atoms with van der Waals surface area (Å²) in [6, 6.07) is 4.05. The minimum absolute atomic E-state index is 0.000180. The van der Waals surface area contributed by atoms with Crippen molar-refractivity contribution in [3.8, 4) is 5.75 Å². The molecule has 1 aromatic carbocycles. The van der Waals surface area contributed by atoms with Gasteiger partial charge in [0.05, 0.1) is 0 Å². The number of halogens is 1. The summed E-state index contributed by atoms with van der Waals surface area (Å²) in [5.41, 5.74) is 0. The molecule has 1 aromatic rings. The first kappa shape index (κ1) is 17.7. The Labute approximate surface area is 129 Å². The van der Waals surface area contributed by atoms with E-state index in [1.807, 2.05) is 13.8 Å². The van der Waals surface area contributed by atoms with E-state index >= 15 is 0 Å². The Morgan fingerprint density at radius 1 is 1.48 bits per heavy atom. The minimum Gasteiger partial charge on any atom is -0.482 e. The van der Waals surface area contributed by atoms with E-state index in [9.17, 15) is 13.2 Å². The number of hydrogen-bond acceptors (Lipinski definition) is 4. The molecule has 0 spiro atoms. The van der Waals surface area contributed by atoms with Crippen LogP contribution in [0.25, 0.3) is 0 Å². The van der Waals surface area contributed by atoms with E-state index in [1.165, 1.54) is 18.2 Å². The number of hydrogen-bond donors (Lipinski definition) is 2. The van der Waals surface area contributed by atoms with Crippen molar-refractivity contribution in [2.45, 2.75) is 37.6 Å². The van der Waals surface area contributed by atoms with Crippen LogP contribution < -0.4 is 15.2 Å². The lowest BCUT2D eigenvalue weighted by Gasteiger charge is -2.14. The number of benzene rings is 1. The maximum Gasteiger partial charge on any atom is 0.258 e. The molecule has 0 aliphatic rings. The minimum atomic E-state index is -3.98. The standard InChI is InChI=1S/C13H19ClN2O4S/c1-3-4-9(2)16-13(17)8-20-11-6-5-10(14)7-12(11)21(15,18)19/h5-7,9H,3-4,8H2,1-2H3,(H,16,17)(H2,15,18,19). The normalized spacial score (nSPS) is 12.8. The quantitative estimate of drug-likeness (QED) is 0.792. The second-order valence-electron chi connectivity index (χ2n) is 4.68. The smallest absolute Gasteiger partial charge is 0.258 e. The van der Waals surface area contributed by atoms with Gasteiger partial charge in [-0.25, -0.2) is 13.6 Å².